The Labute approximate surface area is 107 Å². The number of carboxylic acids is 1. The molecule has 0 atom stereocenters. The van der Waals surface area contributed by atoms with Gasteiger partial charge in [-0.05, 0) is 23.8 Å². The van der Waals surface area contributed by atoms with Crippen molar-refractivity contribution in [1.29, 1.82) is 0 Å². The highest BCUT2D eigenvalue weighted by atomic mass is 16.4. The molecule has 0 amide bonds. The van der Waals surface area contributed by atoms with Gasteiger partial charge in [-0.15, -0.1) is 13.2 Å². The fourth-order valence-electron chi connectivity index (χ4n) is 1.42. The first kappa shape index (κ1) is 13.7. The van der Waals surface area contributed by atoms with Crippen LogP contribution in [0.2, 0.25) is 0 Å². The summed E-state index contributed by atoms with van der Waals surface area (Å²) >= 11 is 0. The molecular weight excluding hydrogens is 228 g/mol. The van der Waals surface area contributed by atoms with Gasteiger partial charge < -0.3 is 10.0 Å². The minimum Gasteiger partial charge on any atom is -0.478 e. The van der Waals surface area contributed by atoms with E-state index in [0.717, 1.165) is 17.5 Å². The minimum absolute atomic E-state index is 0.684. The van der Waals surface area contributed by atoms with Crippen LogP contribution in [0.15, 0.2) is 49.7 Å². The lowest BCUT2D eigenvalue weighted by molar-refractivity contribution is -0.131. The third-order valence-electron chi connectivity index (χ3n) is 2.21. The summed E-state index contributed by atoms with van der Waals surface area (Å²) < 4.78 is 0. The molecule has 0 aliphatic heterocycles. The Balaban J connectivity index is 2.82. The van der Waals surface area contributed by atoms with Crippen molar-refractivity contribution in [1.82, 2.24) is 4.98 Å². The summed E-state index contributed by atoms with van der Waals surface area (Å²) in [5, 5.41) is 8.52. The standard InChI is InChI=1S/C14H16N2O2/c1-3-9-16(10-4-2)13-7-5-12(11-15-13)6-8-14(17)18/h3-8,11H,1-2,9-10H2,(H,17,18)/b8-6+. The Bertz CT molecular complexity index is 439. The van der Waals surface area contributed by atoms with Crippen LogP contribution in [0.5, 0.6) is 0 Å². The average Bonchev–Trinajstić information content (AvgIpc) is 2.37. The molecule has 0 bridgehead atoms. The van der Waals surface area contributed by atoms with E-state index in [-0.39, 0.29) is 0 Å². The molecule has 1 heterocycles. The highest BCUT2D eigenvalue weighted by molar-refractivity contribution is 5.85. The Morgan fingerprint density at radius 2 is 2.00 bits per heavy atom. The summed E-state index contributed by atoms with van der Waals surface area (Å²) in [4.78, 5) is 16.7. The predicted octanol–water partition coefficient (Wildman–Crippen LogP) is 2.36. The number of hydrogen-bond acceptors (Lipinski definition) is 3. The predicted molar refractivity (Wildman–Crippen MR) is 73.5 cm³/mol. The smallest absolute Gasteiger partial charge is 0.328 e. The fourth-order valence-corrected chi connectivity index (χ4v) is 1.42. The third-order valence-corrected chi connectivity index (χ3v) is 2.21. The van der Waals surface area contributed by atoms with E-state index in [0.29, 0.717) is 13.1 Å². The van der Waals surface area contributed by atoms with Crippen LogP contribution in [0, 0.1) is 0 Å². The molecule has 0 saturated heterocycles. The lowest BCUT2D eigenvalue weighted by Crippen LogP contribution is -2.23. The van der Waals surface area contributed by atoms with E-state index in [1.807, 2.05) is 17.0 Å². The first-order chi connectivity index (χ1) is 8.67. The van der Waals surface area contributed by atoms with Crippen LogP contribution in [0.3, 0.4) is 0 Å². The zero-order chi connectivity index (χ0) is 13.4. The van der Waals surface area contributed by atoms with E-state index < -0.39 is 5.97 Å². The van der Waals surface area contributed by atoms with Crippen molar-refractivity contribution in [3.05, 3.63) is 55.3 Å². The van der Waals surface area contributed by atoms with Crippen molar-refractivity contribution in [3.8, 4) is 0 Å². The second-order valence-corrected chi connectivity index (χ2v) is 3.60. The number of aromatic nitrogens is 1. The third kappa shape index (κ3) is 4.25. The number of carbonyl (C=O) groups is 1. The van der Waals surface area contributed by atoms with E-state index >= 15 is 0 Å². The van der Waals surface area contributed by atoms with E-state index in [4.69, 9.17) is 5.11 Å². The molecule has 0 aliphatic rings. The molecule has 94 valence electrons. The molecule has 0 radical (unpaired) electrons. The molecule has 1 aromatic heterocycles. The normalized spacial score (nSPS) is 10.2. The van der Waals surface area contributed by atoms with Crippen LogP contribution in [0.25, 0.3) is 6.08 Å². The van der Waals surface area contributed by atoms with Crippen molar-refractivity contribution < 1.29 is 9.90 Å². The van der Waals surface area contributed by atoms with Crippen molar-refractivity contribution in [2.45, 2.75) is 0 Å². The van der Waals surface area contributed by atoms with Gasteiger partial charge in [0, 0.05) is 25.4 Å². The largest absolute Gasteiger partial charge is 0.478 e. The molecule has 0 fully saturated rings. The molecule has 0 aromatic carbocycles. The van der Waals surface area contributed by atoms with Crippen LogP contribution in [0.1, 0.15) is 5.56 Å². The van der Waals surface area contributed by atoms with Crippen molar-refractivity contribution in [3.63, 3.8) is 0 Å². The van der Waals surface area contributed by atoms with Crippen molar-refractivity contribution >= 4 is 17.9 Å². The van der Waals surface area contributed by atoms with Crippen molar-refractivity contribution in [2.75, 3.05) is 18.0 Å². The SMILES string of the molecule is C=CCN(CC=C)c1ccc(/C=C/C(=O)O)cn1. The molecule has 0 saturated carbocycles. The first-order valence-electron chi connectivity index (χ1n) is 5.51. The van der Waals surface area contributed by atoms with E-state index in [9.17, 15) is 4.79 Å². The van der Waals surface area contributed by atoms with Gasteiger partial charge in [-0.1, -0.05) is 12.2 Å². The lowest BCUT2D eigenvalue weighted by atomic mass is 10.2. The van der Waals surface area contributed by atoms with Gasteiger partial charge in [-0.2, -0.15) is 0 Å². The maximum Gasteiger partial charge on any atom is 0.328 e. The molecule has 18 heavy (non-hydrogen) atoms. The van der Waals surface area contributed by atoms with Gasteiger partial charge >= 0.3 is 5.97 Å². The van der Waals surface area contributed by atoms with Gasteiger partial charge in [0.15, 0.2) is 0 Å². The van der Waals surface area contributed by atoms with E-state index in [1.54, 1.807) is 18.3 Å². The van der Waals surface area contributed by atoms with Crippen LogP contribution >= 0.6 is 0 Å². The molecule has 0 spiro atoms. The Morgan fingerprint density at radius 1 is 1.33 bits per heavy atom. The zero-order valence-corrected chi connectivity index (χ0v) is 10.1. The summed E-state index contributed by atoms with van der Waals surface area (Å²) in [7, 11) is 0. The molecule has 4 heteroatoms. The highest BCUT2D eigenvalue weighted by Gasteiger charge is 2.03. The highest BCUT2D eigenvalue weighted by Crippen LogP contribution is 2.12. The fraction of sp³-hybridized carbons (Fsp3) is 0.143. The number of anilines is 1. The molecule has 4 nitrogen and oxygen atoms in total. The van der Waals surface area contributed by atoms with Crippen LogP contribution in [0.4, 0.5) is 5.82 Å². The van der Waals surface area contributed by atoms with Gasteiger partial charge in [0.25, 0.3) is 0 Å². The topological polar surface area (TPSA) is 53.4 Å². The molecule has 1 rings (SSSR count). The van der Waals surface area contributed by atoms with Gasteiger partial charge in [-0.25, -0.2) is 9.78 Å². The summed E-state index contributed by atoms with van der Waals surface area (Å²) in [5.74, 6) is -0.165. The second kappa shape index (κ2) is 7.06. The number of hydrogen-bond donors (Lipinski definition) is 1. The summed E-state index contributed by atoms with van der Waals surface area (Å²) in [5.41, 5.74) is 0.748. The Morgan fingerprint density at radius 3 is 2.44 bits per heavy atom. The number of rotatable bonds is 7. The number of nitrogens with zero attached hydrogens (tertiary/aromatic N) is 2. The van der Waals surface area contributed by atoms with Crippen LogP contribution in [-0.2, 0) is 4.79 Å². The van der Waals surface area contributed by atoms with E-state index in [2.05, 4.69) is 18.1 Å². The van der Waals surface area contributed by atoms with Crippen molar-refractivity contribution in [2.24, 2.45) is 0 Å². The number of pyridine rings is 1. The minimum atomic E-state index is -0.973. The Kier molecular flexibility index (Phi) is 5.38. The van der Waals surface area contributed by atoms with Gasteiger partial charge in [0.2, 0.25) is 0 Å². The van der Waals surface area contributed by atoms with Gasteiger partial charge in [-0.3, -0.25) is 0 Å². The Hall–Kier alpha value is -2.36. The van der Waals surface area contributed by atoms with Crippen LogP contribution < -0.4 is 4.90 Å². The summed E-state index contributed by atoms with van der Waals surface area (Å²) in [6, 6.07) is 3.66. The first-order valence-corrected chi connectivity index (χ1v) is 5.51. The molecule has 1 N–H and O–H groups in total. The zero-order valence-electron chi connectivity index (χ0n) is 10.1. The number of carboxylic acid groups (broad SMARTS) is 1. The summed E-state index contributed by atoms with van der Waals surface area (Å²) in [6.45, 7) is 8.76. The monoisotopic (exact) mass is 244 g/mol. The molecule has 0 aliphatic carbocycles. The molecular formula is C14H16N2O2. The number of aliphatic carboxylic acids is 1. The van der Waals surface area contributed by atoms with Gasteiger partial charge in [0.1, 0.15) is 5.82 Å². The summed E-state index contributed by atoms with van der Waals surface area (Å²) in [6.07, 6.45) is 7.81. The van der Waals surface area contributed by atoms with Crippen LogP contribution in [-0.4, -0.2) is 29.1 Å². The van der Waals surface area contributed by atoms with Gasteiger partial charge in [0.05, 0.1) is 0 Å². The van der Waals surface area contributed by atoms with E-state index in [1.165, 1.54) is 6.08 Å². The maximum absolute atomic E-state index is 10.4. The lowest BCUT2D eigenvalue weighted by Gasteiger charge is -2.20. The quantitative estimate of drug-likeness (QED) is 0.591. The second-order valence-electron chi connectivity index (χ2n) is 3.60. The average molecular weight is 244 g/mol. The molecule has 0 unspecified atom stereocenters. The molecule has 1 aromatic rings. The maximum atomic E-state index is 10.4.